The van der Waals surface area contributed by atoms with E-state index in [1.165, 1.54) is 4.90 Å². The molecule has 21 heavy (non-hydrogen) atoms. The Hall–Kier alpha value is -1.98. The van der Waals surface area contributed by atoms with E-state index in [9.17, 15) is 22.8 Å². The van der Waals surface area contributed by atoms with Crippen LogP contribution in [0.25, 0.3) is 0 Å². The van der Waals surface area contributed by atoms with Crippen LogP contribution < -0.4 is 5.32 Å². The zero-order valence-electron chi connectivity index (χ0n) is 11.9. The summed E-state index contributed by atoms with van der Waals surface area (Å²) in [5.41, 5.74) is 0. The highest BCUT2D eigenvalue weighted by Crippen LogP contribution is 2.14. The van der Waals surface area contributed by atoms with E-state index in [2.05, 4.69) is 10.1 Å². The number of carbonyl (C=O) groups is 2. The predicted molar refractivity (Wildman–Crippen MR) is 67.1 cm³/mol. The normalized spacial score (nSPS) is 10.9. The van der Waals surface area contributed by atoms with Crippen molar-refractivity contribution in [2.45, 2.75) is 38.9 Å². The van der Waals surface area contributed by atoms with Gasteiger partial charge in [0.25, 0.3) is 0 Å². The van der Waals surface area contributed by atoms with Gasteiger partial charge in [-0.2, -0.15) is 18.4 Å². The molecule has 0 saturated heterocycles. The lowest BCUT2D eigenvalue weighted by molar-refractivity contribution is -0.160. The number of alkyl carbamates (subject to hydrolysis) is 1. The van der Waals surface area contributed by atoms with E-state index >= 15 is 0 Å². The Labute approximate surface area is 120 Å². The summed E-state index contributed by atoms with van der Waals surface area (Å²) in [7, 11) is 0. The third kappa shape index (κ3) is 9.54. The zero-order chi connectivity index (χ0) is 16.5. The zero-order valence-corrected chi connectivity index (χ0v) is 11.9. The number of alkyl halides is 3. The molecule has 0 saturated carbocycles. The first kappa shape index (κ1) is 19.0. The van der Waals surface area contributed by atoms with Gasteiger partial charge in [-0.15, -0.1) is 0 Å². The monoisotopic (exact) mass is 309 g/mol. The van der Waals surface area contributed by atoms with Crippen molar-refractivity contribution in [2.75, 3.05) is 19.7 Å². The number of nitriles is 1. The smallest absolute Gasteiger partial charge is 0.422 e. The third-order valence-corrected chi connectivity index (χ3v) is 2.38. The second kappa shape index (κ2) is 9.05. The molecule has 0 aliphatic heterocycles. The van der Waals surface area contributed by atoms with Crippen molar-refractivity contribution in [3.8, 4) is 6.07 Å². The molecule has 2 amide bonds. The van der Waals surface area contributed by atoms with Crippen molar-refractivity contribution in [3.05, 3.63) is 0 Å². The molecular weight excluding hydrogens is 291 g/mol. The molecular formula is C12H18F3N3O3. The van der Waals surface area contributed by atoms with E-state index in [1.54, 1.807) is 13.8 Å². The number of amides is 2. The number of halogens is 3. The number of nitrogens with one attached hydrogen (secondary N) is 1. The van der Waals surface area contributed by atoms with Crippen LogP contribution in [0.3, 0.4) is 0 Å². The van der Waals surface area contributed by atoms with Gasteiger partial charge < -0.3 is 15.0 Å². The van der Waals surface area contributed by atoms with Gasteiger partial charge in [0.05, 0.1) is 12.5 Å². The molecule has 0 aromatic rings. The van der Waals surface area contributed by atoms with Crippen molar-refractivity contribution in [2.24, 2.45) is 0 Å². The van der Waals surface area contributed by atoms with Gasteiger partial charge in [-0.05, 0) is 13.8 Å². The fraction of sp³-hybridized carbons (Fsp3) is 0.750. The maximum Gasteiger partial charge on any atom is 0.422 e. The topological polar surface area (TPSA) is 82.4 Å². The third-order valence-electron chi connectivity index (χ3n) is 2.38. The molecule has 0 aromatic carbocycles. The molecule has 0 spiro atoms. The fourth-order valence-electron chi connectivity index (χ4n) is 1.45. The minimum Gasteiger partial charge on any atom is -0.440 e. The number of nitrogens with zero attached hydrogens (tertiary/aromatic N) is 2. The Morgan fingerprint density at radius 3 is 2.48 bits per heavy atom. The van der Waals surface area contributed by atoms with Gasteiger partial charge in [-0.25, -0.2) is 4.79 Å². The summed E-state index contributed by atoms with van der Waals surface area (Å²) in [6.45, 7) is 2.02. The van der Waals surface area contributed by atoms with Gasteiger partial charge in [-0.3, -0.25) is 4.79 Å². The SMILES string of the molecule is CC(C)N(CCC#N)C(=O)CCNC(=O)OCC(F)(F)F. The molecule has 6 nitrogen and oxygen atoms in total. The summed E-state index contributed by atoms with van der Waals surface area (Å²) in [5.74, 6) is -0.295. The second-order valence-corrected chi connectivity index (χ2v) is 4.46. The van der Waals surface area contributed by atoms with Gasteiger partial charge >= 0.3 is 12.3 Å². The van der Waals surface area contributed by atoms with Gasteiger partial charge in [0.15, 0.2) is 6.61 Å². The van der Waals surface area contributed by atoms with Crippen LogP contribution in [0.5, 0.6) is 0 Å². The molecule has 0 heterocycles. The molecule has 0 radical (unpaired) electrons. The Morgan fingerprint density at radius 2 is 2.00 bits per heavy atom. The Bertz CT molecular complexity index is 391. The number of hydrogen-bond acceptors (Lipinski definition) is 4. The summed E-state index contributed by atoms with van der Waals surface area (Å²) < 4.78 is 39.3. The summed E-state index contributed by atoms with van der Waals surface area (Å²) in [6, 6.07) is 1.81. The van der Waals surface area contributed by atoms with E-state index in [0.717, 1.165) is 0 Å². The van der Waals surface area contributed by atoms with Gasteiger partial charge in [0, 0.05) is 25.6 Å². The highest BCUT2D eigenvalue weighted by atomic mass is 19.4. The number of hydrogen-bond donors (Lipinski definition) is 1. The highest BCUT2D eigenvalue weighted by Gasteiger charge is 2.29. The van der Waals surface area contributed by atoms with E-state index in [0.29, 0.717) is 0 Å². The van der Waals surface area contributed by atoms with E-state index in [-0.39, 0.29) is 37.9 Å². The van der Waals surface area contributed by atoms with Crippen LogP contribution >= 0.6 is 0 Å². The van der Waals surface area contributed by atoms with Crippen LogP contribution in [0.4, 0.5) is 18.0 Å². The molecule has 0 unspecified atom stereocenters. The molecule has 0 aromatic heterocycles. The first-order valence-corrected chi connectivity index (χ1v) is 6.31. The van der Waals surface area contributed by atoms with Crippen LogP contribution in [0.15, 0.2) is 0 Å². The minimum atomic E-state index is -4.58. The Morgan fingerprint density at radius 1 is 1.38 bits per heavy atom. The summed E-state index contributed by atoms with van der Waals surface area (Å²) in [4.78, 5) is 24.2. The molecule has 0 atom stereocenters. The first-order valence-electron chi connectivity index (χ1n) is 6.31. The largest absolute Gasteiger partial charge is 0.440 e. The predicted octanol–water partition coefficient (Wildman–Crippen LogP) is 1.82. The van der Waals surface area contributed by atoms with E-state index in [1.807, 2.05) is 6.07 Å². The van der Waals surface area contributed by atoms with Crippen molar-refractivity contribution in [3.63, 3.8) is 0 Å². The van der Waals surface area contributed by atoms with Crippen LogP contribution in [-0.4, -0.2) is 48.8 Å². The summed E-state index contributed by atoms with van der Waals surface area (Å²) in [6.07, 6.45) is -5.71. The van der Waals surface area contributed by atoms with Crippen LogP contribution in [-0.2, 0) is 9.53 Å². The van der Waals surface area contributed by atoms with E-state index < -0.39 is 18.9 Å². The molecule has 120 valence electrons. The maximum absolute atomic E-state index is 11.8. The average molecular weight is 309 g/mol. The number of carbonyl (C=O) groups excluding carboxylic acids is 2. The average Bonchev–Trinajstić information content (AvgIpc) is 2.35. The maximum atomic E-state index is 11.8. The minimum absolute atomic E-state index is 0.0786. The molecule has 0 bridgehead atoms. The first-order chi connectivity index (χ1) is 9.67. The Kier molecular flexibility index (Phi) is 8.19. The molecule has 0 aliphatic carbocycles. The Balaban J connectivity index is 4.06. The second-order valence-electron chi connectivity index (χ2n) is 4.46. The van der Waals surface area contributed by atoms with Gasteiger partial charge in [0.1, 0.15) is 0 Å². The lowest BCUT2D eigenvalue weighted by Gasteiger charge is -2.25. The van der Waals surface area contributed by atoms with Crippen LogP contribution in [0.2, 0.25) is 0 Å². The van der Waals surface area contributed by atoms with Crippen LogP contribution in [0, 0.1) is 11.3 Å². The fourth-order valence-corrected chi connectivity index (χ4v) is 1.45. The summed E-state index contributed by atoms with van der Waals surface area (Å²) >= 11 is 0. The lowest BCUT2D eigenvalue weighted by atomic mass is 10.2. The molecule has 9 heteroatoms. The standard InChI is InChI=1S/C12H18F3N3O3/c1-9(2)18(7-3-5-16)10(19)4-6-17-11(20)21-8-12(13,14)15/h9H,3-4,6-8H2,1-2H3,(H,17,20). The molecule has 0 aliphatic rings. The van der Waals surface area contributed by atoms with Gasteiger partial charge in [-0.1, -0.05) is 0 Å². The van der Waals surface area contributed by atoms with Crippen molar-refractivity contribution in [1.82, 2.24) is 10.2 Å². The molecule has 1 N–H and O–H groups in total. The van der Waals surface area contributed by atoms with Gasteiger partial charge in [0.2, 0.25) is 5.91 Å². The molecule has 0 rings (SSSR count). The quantitative estimate of drug-likeness (QED) is 0.777. The summed E-state index contributed by atoms with van der Waals surface area (Å²) in [5, 5.41) is 10.6. The molecule has 0 fully saturated rings. The van der Waals surface area contributed by atoms with Crippen molar-refractivity contribution >= 4 is 12.0 Å². The van der Waals surface area contributed by atoms with Crippen molar-refractivity contribution < 1.29 is 27.5 Å². The lowest BCUT2D eigenvalue weighted by Crippen LogP contribution is -2.39. The van der Waals surface area contributed by atoms with E-state index in [4.69, 9.17) is 5.26 Å². The van der Waals surface area contributed by atoms with Crippen molar-refractivity contribution in [1.29, 1.82) is 5.26 Å². The highest BCUT2D eigenvalue weighted by molar-refractivity contribution is 5.77. The van der Waals surface area contributed by atoms with Crippen LogP contribution in [0.1, 0.15) is 26.7 Å². The number of ether oxygens (including phenoxy) is 1. The number of rotatable bonds is 7.